The largest absolute Gasteiger partial charge is 0.397 e. The van der Waals surface area contributed by atoms with Gasteiger partial charge in [-0.3, -0.25) is 0 Å². The number of allylic oxidation sites excluding steroid dienone is 3. The summed E-state index contributed by atoms with van der Waals surface area (Å²) in [6.07, 6.45) is 19.2. The summed E-state index contributed by atoms with van der Waals surface area (Å²) in [7, 11) is 3.91. The third-order valence-electron chi connectivity index (χ3n) is 6.18. The maximum atomic E-state index is 5.96. The number of unbranched alkanes of at least 4 members (excludes halogenated alkanes) is 1. The summed E-state index contributed by atoms with van der Waals surface area (Å²) < 4.78 is 0. The van der Waals surface area contributed by atoms with Crippen LogP contribution in [0.15, 0.2) is 36.2 Å². The number of likely N-dealkylation sites (N-methyl/N-ethyl adjacent to an activating group) is 1. The maximum absolute atomic E-state index is 5.96. The molecule has 0 bridgehead atoms. The van der Waals surface area contributed by atoms with Crippen molar-refractivity contribution in [1.29, 1.82) is 0 Å². The lowest BCUT2D eigenvalue weighted by Crippen LogP contribution is -2.35. The van der Waals surface area contributed by atoms with Crippen LogP contribution in [0.5, 0.6) is 0 Å². The molecule has 0 amide bonds. The van der Waals surface area contributed by atoms with Crippen molar-refractivity contribution in [1.82, 2.24) is 10.6 Å². The van der Waals surface area contributed by atoms with Gasteiger partial charge in [-0.05, 0) is 82.7 Å². The second kappa shape index (κ2) is 13.8. The highest BCUT2D eigenvalue weighted by Crippen LogP contribution is 2.37. The molecule has 6 N–H and O–H groups in total. The minimum Gasteiger partial charge on any atom is -0.397 e. The number of rotatable bonds is 7. The van der Waals surface area contributed by atoms with Crippen LogP contribution < -0.4 is 22.1 Å². The molecule has 0 heterocycles. The molecule has 0 aromatic heterocycles. The molecule has 0 spiro atoms. The molecule has 2 aliphatic rings. The van der Waals surface area contributed by atoms with Crippen molar-refractivity contribution >= 4 is 0 Å². The minimum absolute atomic E-state index is 0.509. The van der Waals surface area contributed by atoms with E-state index in [4.69, 9.17) is 11.5 Å². The fourth-order valence-electron chi connectivity index (χ4n) is 4.18. The van der Waals surface area contributed by atoms with Gasteiger partial charge < -0.3 is 22.1 Å². The van der Waals surface area contributed by atoms with Gasteiger partial charge in [-0.15, -0.1) is 0 Å². The van der Waals surface area contributed by atoms with Crippen LogP contribution in [-0.2, 0) is 0 Å². The molecule has 2 fully saturated rings. The average molecular weight is 377 g/mol. The lowest BCUT2D eigenvalue weighted by molar-refractivity contribution is 0.172. The Morgan fingerprint density at radius 2 is 1.56 bits per heavy atom. The molecule has 0 aromatic rings. The zero-order chi connectivity index (χ0) is 20.1. The van der Waals surface area contributed by atoms with Crippen molar-refractivity contribution in [3.05, 3.63) is 36.2 Å². The van der Waals surface area contributed by atoms with Gasteiger partial charge >= 0.3 is 0 Å². The molecule has 0 aliphatic heterocycles. The van der Waals surface area contributed by atoms with E-state index in [9.17, 15) is 0 Å². The van der Waals surface area contributed by atoms with Crippen molar-refractivity contribution in [2.24, 2.45) is 23.3 Å². The van der Waals surface area contributed by atoms with Crippen molar-refractivity contribution in [3.8, 4) is 0 Å². The Morgan fingerprint density at radius 3 is 2.04 bits per heavy atom. The Kier molecular flexibility index (Phi) is 12.2. The van der Waals surface area contributed by atoms with Gasteiger partial charge in [0.05, 0.1) is 5.70 Å². The second-order valence-electron chi connectivity index (χ2n) is 8.14. The molecule has 0 radical (unpaired) electrons. The fourth-order valence-corrected chi connectivity index (χ4v) is 4.18. The molecule has 2 aliphatic carbocycles. The SMILES string of the molecule is C=C(NC)/C(N)=C\C=CCCC.CNC1CCC(C2CCC(N)CC2)CC1. The molecule has 0 atom stereocenters. The normalized spacial score (nSPS) is 29.1. The Morgan fingerprint density at radius 1 is 1.00 bits per heavy atom. The minimum atomic E-state index is 0.509. The third kappa shape index (κ3) is 9.48. The first-order chi connectivity index (χ1) is 13.0. The Bertz CT molecular complexity index is 453. The molecule has 2 saturated carbocycles. The fraction of sp³-hybridized carbons (Fsp3) is 0.739. The van der Waals surface area contributed by atoms with Crippen molar-refractivity contribution in [2.45, 2.75) is 83.2 Å². The quantitative estimate of drug-likeness (QED) is 0.502. The van der Waals surface area contributed by atoms with Crippen LogP contribution in [0.4, 0.5) is 0 Å². The molecule has 156 valence electrons. The molecular formula is C23H44N4. The molecule has 4 heteroatoms. The monoisotopic (exact) mass is 376 g/mol. The van der Waals surface area contributed by atoms with E-state index >= 15 is 0 Å². The van der Waals surface area contributed by atoms with E-state index in [2.05, 4.69) is 37.3 Å². The van der Waals surface area contributed by atoms with Crippen LogP contribution in [0.25, 0.3) is 0 Å². The summed E-state index contributed by atoms with van der Waals surface area (Å²) in [5.41, 5.74) is 13.1. The maximum Gasteiger partial charge on any atom is 0.0543 e. The summed E-state index contributed by atoms with van der Waals surface area (Å²) in [6.45, 7) is 5.88. The van der Waals surface area contributed by atoms with Gasteiger partial charge in [-0.2, -0.15) is 0 Å². The molecule has 4 nitrogen and oxygen atoms in total. The first-order valence-corrected chi connectivity index (χ1v) is 10.9. The molecule has 27 heavy (non-hydrogen) atoms. The van der Waals surface area contributed by atoms with E-state index < -0.39 is 0 Å². The second-order valence-corrected chi connectivity index (χ2v) is 8.14. The lowest BCUT2D eigenvalue weighted by atomic mass is 9.71. The standard InChI is InChI=1S/C13H26N2.C10H18N2/c1-15-13-8-4-11(5-9-13)10-2-6-12(14)7-3-10;1-4-5-6-7-8-10(11)9(2)12-3/h10-13,15H,2-9,14H2,1H3;6-8,12H,2,4-5,11H2,1,3H3/b;7-6?,10-8+. The van der Waals surface area contributed by atoms with Crippen LogP contribution in [-0.4, -0.2) is 26.2 Å². The van der Waals surface area contributed by atoms with E-state index in [1.807, 2.05) is 12.2 Å². The van der Waals surface area contributed by atoms with Crippen LogP contribution in [0.1, 0.15) is 71.1 Å². The third-order valence-corrected chi connectivity index (χ3v) is 6.18. The predicted molar refractivity (Wildman–Crippen MR) is 119 cm³/mol. The van der Waals surface area contributed by atoms with Gasteiger partial charge in [0.15, 0.2) is 0 Å². The van der Waals surface area contributed by atoms with Gasteiger partial charge in [0.25, 0.3) is 0 Å². The number of nitrogens with one attached hydrogen (secondary N) is 2. The highest BCUT2D eigenvalue weighted by Gasteiger charge is 2.29. The summed E-state index contributed by atoms with van der Waals surface area (Å²) in [4.78, 5) is 0. The summed E-state index contributed by atoms with van der Waals surface area (Å²) in [5.74, 6) is 2.02. The molecule has 0 saturated heterocycles. The highest BCUT2D eigenvalue weighted by molar-refractivity contribution is 5.26. The number of hydrogen-bond donors (Lipinski definition) is 4. The molecular weight excluding hydrogens is 332 g/mol. The zero-order valence-electron chi connectivity index (χ0n) is 18.0. The van der Waals surface area contributed by atoms with Crippen molar-refractivity contribution in [3.63, 3.8) is 0 Å². The van der Waals surface area contributed by atoms with E-state index in [1.165, 1.54) is 51.4 Å². The predicted octanol–water partition coefficient (Wildman–Crippen LogP) is 4.20. The van der Waals surface area contributed by atoms with Crippen LogP contribution in [0, 0.1) is 11.8 Å². The summed E-state index contributed by atoms with van der Waals surface area (Å²) in [5, 5.41) is 6.30. The Hall–Kier alpha value is -1.26. The number of hydrogen-bond acceptors (Lipinski definition) is 4. The van der Waals surface area contributed by atoms with Crippen LogP contribution >= 0.6 is 0 Å². The highest BCUT2D eigenvalue weighted by atomic mass is 14.9. The molecule has 0 unspecified atom stereocenters. The van der Waals surface area contributed by atoms with E-state index in [-0.39, 0.29) is 0 Å². The van der Waals surface area contributed by atoms with E-state index in [0.29, 0.717) is 11.7 Å². The number of nitrogens with two attached hydrogens (primary N) is 2. The topological polar surface area (TPSA) is 76.1 Å². The van der Waals surface area contributed by atoms with Gasteiger partial charge in [0, 0.05) is 24.8 Å². The van der Waals surface area contributed by atoms with Crippen molar-refractivity contribution in [2.75, 3.05) is 14.1 Å². The smallest absolute Gasteiger partial charge is 0.0543 e. The van der Waals surface area contributed by atoms with Gasteiger partial charge in [0.2, 0.25) is 0 Å². The first-order valence-electron chi connectivity index (χ1n) is 10.9. The van der Waals surface area contributed by atoms with Crippen LogP contribution in [0.2, 0.25) is 0 Å². The van der Waals surface area contributed by atoms with Gasteiger partial charge in [0.1, 0.15) is 0 Å². The van der Waals surface area contributed by atoms with Gasteiger partial charge in [-0.25, -0.2) is 0 Å². The summed E-state index contributed by atoms with van der Waals surface area (Å²) in [6, 6.07) is 1.31. The summed E-state index contributed by atoms with van der Waals surface area (Å²) >= 11 is 0. The van der Waals surface area contributed by atoms with Gasteiger partial charge in [-0.1, -0.05) is 32.1 Å². The Balaban J connectivity index is 0.000000279. The molecule has 2 rings (SSSR count). The van der Waals surface area contributed by atoms with E-state index in [0.717, 1.165) is 36.4 Å². The first kappa shape index (κ1) is 23.8. The van der Waals surface area contributed by atoms with Crippen LogP contribution in [0.3, 0.4) is 0 Å². The molecule has 0 aromatic carbocycles. The lowest BCUT2D eigenvalue weighted by Gasteiger charge is -2.37. The Labute approximate surface area is 167 Å². The van der Waals surface area contributed by atoms with E-state index in [1.54, 1.807) is 7.05 Å². The van der Waals surface area contributed by atoms with Crippen molar-refractivity contribution < 1.29 is 0 Å². The zero-order valence-corrected chi connectivity index (χ0v) is 18.0. The average Bonchev–Trinajstić information content (AvgIpc) is 2.71.